The molecule has 5 nitrogen and oxygen atoms in total. The number of amides is 1. The Morgan fingerprint density at radius 3 is 2.55 bits per heavy atom. The summed E-state index contributed by atoms with van der Waals surface area (Å²) in [7, 11) is 1.26. The predicted molar refractivity (Wildman–Crippen MR) is 73.5 cm³/mol. The number of methoxy groups -OCH3 is 1. The number of hydrogen-bond donors (Lipinski definition) is 1. The SMILES string of the molecule is COC(=O)[C@@H](NC(=O)Cc1ccccc1)[C@@H](C)CC#N. The molecule has 1 amide bonds. The van der Waals surface area contributed by atoms with Gasteiger partial charge in [-0.25, -0.2) is 4.79 Å². The number of nitrogens with one attached hydrogen (secondary N) is 1. The van der Waals surface area contributed by atoms with Crippen LogP contribution in [0.4, 0.5) is 0 Å². The molecule has 20 heavy (non-hydrogen) atoms. The molecule has 0 aliphatic heterocycles. The standard InChI is InChI=1S/C15H18N2O3/c1-11(8-9-16)14(15(19)20-2)17-13(18)10-12-6-4-3-5-7-12/h3-7,11,14H,8,10H2,1-2H3,(H,17,18)/t11-,14-/m0/s1. The van der Waals surface area contributed by atoms with Crippen molar-refractivity contribution in [3.63, 3.8) is 0 Å². The first kappa shape index (κ1) is 15.7. The van der Waals surface area contributed by atoms with Crippen LogP contribution in [0.3, 0.4) is 0 Å². The molecular weight excluding hydrogens is 256 g/mol. The maximum atomic E-state index is 12.0. The monoisotopic (exact) mass is 274 g/mol. The van der Waals surface area contributed by atoms with Crippen molar-refractivity contribution in [2.45, 2.75) is 25.8 Å². The van der Waals surface area contributed by atoms with Crippen molar-refractivity contribution in [2.24, 2.45) is 5.92 Å². The lowest BCUT2D eigenvalue weighted by Gasteiger charge is -2.21. The molecule has 1 aromatic rings. The summed E-state index contributed by atoms with van der Waals surface area (Å²) in [5.74, 6) is -1.10. The average Bonchev–Trinajstić information content (AvgIpc) is 2.45. The van der Waals surface area contributed by atoms with Gasteiger partial charge in [-0.3, -0.25) is 4.79 Å². The first-order chi connectivity index (χ1) is 9.58. The van der Waals surface area contributed by atoms with Crippen molar-refractivity contribution in [1.82, 2.24) is 5.32 Å². The van der Waals surface area contributed by atoms with E-state index in [9.17, 15) is 9.59 Å². The molecule has 1 aromatic carbocycles. The Kier molecular flexibility index (Phi) is 6.24. The summed E-state index contributed by atoms with van der Waals surface area (Å²) >= 11 is 0. The number of nitriles is 1. The van der Waals surface area contributed by atoms with Crippen molar-refractivity contribution in [3.05, 3.63) is 35.9 Å². The lowest BCUT2D eigenvalue weighted by Crippen LogP contribution is -2.46. The second-order valence-electron chi connectivity index (χ2n) is 4.57. The number of nitrogens with zero attached hydrogens (tertiary/aromatic N) is 1. The zero-order valence-corrected chi connectivity index (χ0v) is 11.6. The van der Waals surface area contributed by atoms with Gasteiger partial charge in [0.1, 0.15) is 6.04 Å². The molecule has 0 bridgehead atoms. The first-order valence-electron chi connectivity index (χ1n) is 6.36. The summed E-state index contributed by atoms with van der Waals surface area (Å²) in [6.07, 6.45) is 0.360. The third-order valence-corrected chi connectivity index (χ3v) is 2.96. The van der Waals surface area contributed by atoms with E-state index in [0.717, 1.165) is 5.56 Å². The number of esters is 1. The maximum Gasteiger partial charge on any atom is 0.328 e. The van der Waals surface area contributed by atoms with Crippen LogP contribution < -0.4 is 5.32 Å². The Bertz CT molecular complexity index is 494. The van der Waals surface area contributed by atoms with Crippen LogP contribution in [0.25, 0.3) is 0 Å². The fraction of sp³-hybridized carbons (Fsp3) is 0.400. The molecule has 0 radical (unpaired) electrons. The third kappa shape index (κ3) is 4.73. The van der Waals surface area contributed by atoms with Crippen LogP contribution in [0, 0.1) is 17.2 Å². The highest BCUT2D eigenvalue weighted by Gasteiger charge is 2.27. The van der Waals surface area contributed by atoms with Crippen molar-refractivity contribution in [3.8, 4) is 6.07 Å². The van der Waals surface area contributed by atoms with Gasteiger partial charge in [0.05, 0.1) is 19.6 Å². The topological polar surface area (TPSA) is 79.2 Å². The van der Waals surface area contributed by atoms with Crippen molar-refractivity contribution in [2.75, 3.05) is 7.11 Å². The average molecular weight is 274 g/mol. The molecule has 0 aromatic heterocycles. The fourth-order valence-electron chi connectivity index (χ4n) is 1.83. The van der Waals surface area contributed by atoms with Crippen LogP contribution in [0.15, 0.2) is 30.3 Å². The van der Waals surface area contributed by atoms with Crippen LogP contribution in [0.5, 0.6) is 0 Å². The highest BCUT2D eigenvalue weighted by atomic mass is 16.5. The Morgan fingerprint density at radius 1 is 1.35 bits per heavy atom. The van der Waals surface area contributed by atoms with E-state index in [1.165, 1.54) is 7.11 Å². The smallest absolute Gasteiger partial charge is 0.328 e. The second kappa shape index (κ2) is 7.95. The highest BCUT2D eigenvalue weighted by Crippen LogP contribution is 2.10. The number of hydrogen-bond acceptors (Lipinski definition) is 4. The van der Waals surface area contributed by atoms with E-state index in [1.807, 2.05) is 36.4 Å². The van der Waals surface area contributed by atoms with E-state index >= 15 is 0 Å². The minimum absolute atomic E-state index is 0.172. The lowest BCUT2D eigenvalue weighted by molar-refractivity contribution is -0.146. The summed E-state index contributed by atoms with van der Waals surface area (Å²) in [4.78, 5) is 23.6. The van der Waals surface area contributed by atoms with Gasteiger partial charge in [-0.2, -0.15) is 5.26 Å². The summed E-state index contributed by atoms with van der Waals surface area (Å²) in [5, 5.41) is 11.3. The van der Waals surface area contributed by atoms with Gasteiger partial charge in [0.2, 0.25) is 5.91 Å². The highest BCUT2D eigenvalue weighted by molar-refractivity contribution is 5.85. The van der Waals surface area contributed by atoms with Gasteiger partial charge in [0, 0.05) is 12.3 Å². The van der Waals surface area contributed by atoms with E-state index in [2.05, 4.69) is 10.1 Å². The Hall–Kier alpha value is -2.35. The molecule has 0 saturated heterocycles. The van der Waals surface area contributed by atoms with Gasteiger partial charge in [-0.05, 0) is 5.56 Å². The normalized spacial score (nSPS) is 12.8. The van der Waals surface area contributed by atoms with E-state index in [-0.39, 0.29) is 24.7 Å². The molecule has 2 atom stereocenters. The molecule has 0 heterocycles. The first-order valence-corrected chi connectivity index (χ1v) is 6.36. The van der Waals surface area contributed by atoms with Gasteiger partial charge >= 0.3 is 5.97 Å². The van der Waals surface area contributed by atoms with Crippen LogP contribution >= 0.6 is 0 Å². The zero-order chi connectivity index (χ0) is 15.0. The largest absolute Gasteiger partial charge is 0.467 e. The molecule has 0 fully saturated rings. The molecule has 106 valence electrons. The van der Waals surface area contributed by atoms with E-state index < -0.39 is 12.0 Å². The summed E-state index contributed by atoms with van der Waals surface area (Å²) in [5.41, 5.74) is 0.863. The third-order valence-electron chi connectivity index (χ3n) is 2.96. The molecule has 1 N–H and O–H groups in total. The predicted octanol–water partition coefficient (Wildman–Crippen LogP) is 1.44. The van der Waals surface area contributed by atoms with Gasteiger partial charge in [-0.15, -0.1) is 0 Å². The number of benzene rings is 1. The van der Waals surface area contributed by atoms with Gasteiger partial charge in [0.15, 0.2) is 0 Å². The van der Waals surface area contributed by atoms with Crippen molar-refractivity contribution in [1.29, 1.82) is 5.26 Å². The van der Waals surface area contributed by atoms with Crippen molar-refractivity contribution < 1.29 is 14.3 Å². The van der Waals surface area contributed by atoms with Crippen LogP contribution in [-0.2, 0) is 20.7 Å². The minimum atomic E-state index is -0.795. The van der Waals surface area contributed by atoms with Gasteiger partial charge in [0.25, 0.3) is 0 Å². The summed E-state index contributed by atoms with van der Waals surface area (Å²) < 4.78 is 4.67. The van der Waals surface area contributed by atoms with Crippen LogP contribution in [0.2, 0.25) is 0 Å². The fourth-order valence-corrected chi connectivity index (χ4v) is 1.83. The number of carbonyl (C=O) groups excluding carboxylic acids is 2. The zero-order valence-electron chi connectivity index (χ0n) is 11.6. The summed E-state index contributed by atoms with van der Waals surface area (Å²) in [6.45, 7) is 1.73. The van der Waals surface area contributed by atoms with E-state index in [0.29, 0.717) is 0 Å². The number of carbonyl (C=O) groups is 2. The molecule has 1 rings (SSSR count). The Morgan fingerprint density at radius 2 is 2.00 bits per heavy atom. The summed E-state index contributed by atoms with van der Waals surface area (Å²) in [6, 6.07) is 10.4. The minimum Gasteiger partial charge on any atom is -0.467 e. The molecule has 0 saturated carbocycles. The molecule has 0 aliphatic rings. The van der Waals surface area contributed by atoms with Crippen molar-refractivity contribution >= 4 is 11.9 Å². The second-order valence-corrected chi connectivity index (χ2v) is 4.57. The van der Waals surface area contributed by atoms with E-state index in [1.54, 1.807) is 6.92 Å². The number of ether oxygens (including phenoxy) is 1. The van der Waals surface area contributed by atoms with Crippen LogP contribution in [-0.4, -0.2) is 25.0 Å². The molecular formula is C15H18N2O3. The molecule has 0 unspecified atom stereocenters. The lowest BCUT2D eigenvalue weighted by atomic mass is 9.98. The quantitative estimate of drug-likeness (QED) is 0.796. The molecule has 0 aliphatic carbocycles. The Labute approximate surface area is 118 Å². The molecule has 5 heteroatoms. The van der Waals surface area contributed by atoms with Gasteiger partial charge in [-0.1, -0.05) is 37.3 Å². The Balaban J connectivity index is 2.67. The van der Waals surface area contributed by atoms with Gasteiger partial charge < -0.3 is 10.1 Å². The number of rotatable bonds is 6. The van der Waals surface area contributed by atoms with E-state index in [4.69, 9.17) is 5.26 Å². The molecule has 0 spiro atoms. The maximum absolute atomic E-state index is 12.0. The van der Waals surface area contributed by atoms with Crippen LogP contribution in [0.1, 0.15) is 18.9 Å².